The second-order valence-electron chi connectivity index (χ2n) is 3.48. The summed E-state index contributed by atoms with van der Waals surface area (Å²) in [6.07, 6.45) is -0.860. The molecule has 1 aliphatic carbocycles. The van der Waals surface area contributed by atoms with Gasteiger partial charge in [0.15, 0.2) is 0 Å². The summed E-state index contributed by atoms with van der Waals surface area (Å²) in [5.74, 6) is 0. The maximum atomic E-state index is 12.3. The zero-order chi connectivity index (χ0) is 10.1. The van der Waals surface area contributed by atoms with E-state index in [0.717, 1.165) is 6.42 Å². The number of aliphatic hydroxyl groups excluding tert-OH is 1. The normalized spacial score (nSPS) is 21.0. The van der Waals surface area contributed by atoms with Crippen molar-refractivity contribution in [2.75, 3.05) is 0 Å². The lowest BCUT2D eigenvalue weighted by Crippen LogP contribution is -2.12. The zero-order valence-electron chi connectivity index (χ0n) is 7.58. The van der Waals surface area contributed by atoms with Crippen molar-refractivity contribution >= 4 is 0 Å². The van der Waals surface area contributed by atoms with Gasteiger partial charge in [0.2, 0.25) is 0 Å². The molecule has 76 valence electrons. The maximum Gasteiger partial charge on any atom is 0.280 e. The van der Waals surface area contributed by atoms with E-state index in [9.17, 15) is 13.9 Å². The Kier molecular flexibility index (Phi) is 2.46. The molecule has 0 saturated heterocycles. The Labute approximate surface area is 80.6 Å². The first-order valence-electron chi connectivity index (χ1n) is 4.64. The van der Waals surface area contributed by atoms with Crippen LogP contribution in [0.15, 0.2) is 12.1 Å². The van der Waals surface area contributed by atoms with Crippen molar-refractivity contribution < 1.29 is 13.9 Å². The van der Waals surface area contributed by atoms with E-state index in [2.05, 4.69) is 4.98 Å². The van der Waals surface area contributed by atoms with Crippen LogP contribution in [0.2, 0.25) is 0 Å². The Morgan fingerprint density at radius 1 is 1.43 bits per heavy atom. The van der Waals surface area contributed by atoms with Gasteiger partial charge in [0, 0.05) is 11.3 Å². The van der Waals surface area contributed by atoms with Gasteiger partial charge in [-0.25, -0.2) is 8.78 Å². The highest BCUT2D eigenvalue weighted by Crippen LogP contribution is 2.29. The molecule has 1 aliphatic rings. The number of hydrogen-bond acceptors (Lipinski definition) is 2. The minimum Gasteiger partial charge on any atom is -0.388 e. The van der Waals surface area contributed by atoms with E-state index in [0.29, 0.717) is 24.1 Å². The third kappa shape index (κ3) is 1.62. The summed E-state index contributed by atoms with van der Waals surface area (Å²) in [5.41, 5.74) is 1.14. The molecule has 0 radical (unpaired) electrons. The first-order chi connectivity index (χ1) is 6.68. The first kappa shape index (κ1) is 9.52. The van der Waals surface area contributed by atoms with E-state index in [-0.39, 0.29) is 5.69 Å². The van der Waals surface area contributed by atoms with E-state index in [1.165, 1.54) is 6.07 Å². The fourth-order valence-electron chi connectivity index (χ4n) is 1.77. The monoisotopic (exact) mass is 199 g/mol. The van der Waals surface area contributed by atoms with Crippen molar-refractivity contribution in [1.82, 2.24) is 4.98 Å². The molecule has 0 bridgehead atoms. The van der Waals surface area contributed by atoms with Crippen LogP contribution in [-0.4, -0.2) is 10.1 Å². The van der Waals surface area contributed by atoms with Crippen LogP contribution in [0, 0.1) is 0 Å². The minimum atomic E-state index is -2.53. The summed E-state index contributed by atoms with van der Waals surface area (Å²) < 4.78 is 24.6. The van der Waals surface area contributed by atoms with Crippen molar-refractivity contribution in [3.8, 4) is 0 Å². The van der Waals surface area contributed by atoms with Gasteiger partial charge in [-0.3, -0.25) is 4.98 Å². The van der Waals surface area contributed by atoms with E-state index < -0.39 is 12.5 Å². The summed E-state index contributed by atoms with van der Waals surface area (Å²) in [4.78, 5) is 3.85. The zero-order valence-corrected chi connectivity index (χ0v) is 7.58. The molecule has 2 rings (SSSR count). The highest BCUT2D eigenvalue weighted by molar-refractivity contribution is 5.27. The predicted octanol–water partition coefficient (Wildman–Crippen LogP) is 2.39. The van der Waals surface area contributed by atoms with E-state index in [1.54, 1.807) is 6.07 Å². The number of hydrogen-bond donors (Lipinski definition) is 1. The third-order valence-electron chi connectivity index (χ3n) is 2.50. The van der Waals surface area contributed by atoms with Gasteiger partial charge in [-0.1, -0.05) is 6.07 Å². The van der Waals surface area contributed by atoms with Crippen molar-refractivity contribution in [1.29, 1.82) is 0 Å². The van der Waals surface area contributed by atoms with Crippen molar-refractivity contribution in [2.45, 2.75) is 31.8 Å². The van der Waals surface area contributed by atoms with Gasteiger partial charge < -0.3 is 5.11 Å². The second kappa shape index (κ2) is 3.61. The quantitative estimate of drug-likeness (QED) is 0.753. The minimum absolute atomic E-state index is 0.196. The van der Waals surface area contributed by atoms with Gasteiger partial charge >= 0.3 is 0 Å². The van der Waals surface area contributed by atoms with E-state index >= 15 is 0 Å². The number of aromatic nitrogens is 1. The summed E-state index contributed by atoms with van der Waals surface area (Å²) >= 11 is 0. The van der Waals surface area contributed by atoms with Crippen LogP contribution in [-0.2, 0) is 6.42 Å². The molecule has 0 aromatic carbocycles. The number of pyridine rings is 1. The topological polar surface area (TPSA) is 33.1 Å². The van der Waals surface area contributed by atoms with Crippen LogP contribution in [0.25, 0.3) is 0 Å². The largest absolute Gasteiger partial charge is 0.388 e. The molecule has 0 unspecified atom stereocenters. The highest BCUT2D eigenvalue weighted by Gasteiger charge is 2.20. The Morgan fingerprint density at radius 3 is 2.93 bits per heavy atom. The molecule has 4 heteroatoms. The Bertz CT molecular complexity index is 341. The third-order valence-corrected chi connectivity index (χ3v) is 2.50. The number of alkyl halides is 2. The standard InChI is InChI=1S/C10H11F2NO/c11-10(12)8-5-4-6-7(13-8)2-1-3-9(6)14/h4-5,9-10,14H,1-3H2/t9-/m0/s1. The Balaban J connectivity index is 2.39. The molecular weight excluding hydrogens is 188 g/mol. The summed E-state index contributed by atoms with van der Waals surface area (Å²) in [5, 5.41) is 9.56. The van der Waals surface area contributed by atoms with Gasteiger partial charge in [0.1, 0.15) is 5.69 Å². The summed E-state index contributed by atoms with van der Waals surface area (Å²) in [6, 6.07) is 2.85. The van der Waals surface area contributed by atoms with Gasteiger partial charge in [0.05, 0.1) is 6.10 Å². The lowest BCUT2D eigenvalue weighted by atomic mass is 9.93. The number of aryl methyl sites for hydroxylation is 1. The maximum absolute atomic E-state index is 12.3. The van der Waals surface area contributed by atoms with Gasteiger partial charge in [0.25, 0.3) is 6.43 Å². The number of aliphatic hydroxyl groups is 1. The SMILES string of the molecule is O[C@H]1CCCc2nc(C(F)F)ccc21. The second-order valence-corrected chi connectivity index (χ2v) is 3.48. The molecule has 0 amide bonds. The van der Waals surface area contributed by atoms with Crippen molar-refractivity contribution in [3.05, 3.63) is 29.1 Å². The number of rotatable bonds is 1. The Hall–Kier alpha value is -1.03. The summed E-state index contributed by atoms with van der Waals surface area (Å²) in [6.45, 7) is 0. The van der Waals surface area contributed by atoms with Crippen molar-refractivity contribution in [3.63, 3.8) is 0 Å². The van der Waals surface area contributed by atoms with Crippen LogP contribution in [0.5, 0.6) is 0 Å². The molecule has 1 atom stereocenters. The van der Waals surface area contributed by atoms with Gasteiger partial charge in [-0.15, -0.1) is 0 Å². The highest BCUT2D eigenvalue weighted by atomic mass is 19.3. The molecule has 2 nitrogen and oxygen atoms in total. The van der Waals surface area contributed by atoms with Crippen LogP contribution < -0.4 is 0 Å². The number of halogens is 2. The average Bonchev–Trinajstić information content (AvgIpc) is 2.17. The predicted molar refractivity (Wildman–Crippen MR) is 47.1 cm³/mol. The number of fused-ring (bicyclic) bond motifs is 1. The van der Waals surface area contributed by atoms with Crippen LogP contribution in [0.1, 0.15) is 42.3 Å². The first-order valence-corrected chi connectivity index (χ1v) is 4.64. The molecular formula is C10H11F2NO. The smallest absolute Gasteiger partial charge is 0.280 e. The van der Waals surface area contributed by atoms with E-state index in [1.807, 2.05) is 0 Å². The molecule has 1 aromatic rings. The fraction of sp³-hybridized carbons (Fsp3) is 0.500. The Morgan fingerprint density at radius 2 is 2.21 bits per heavy atom. The van der Waals surface area contributed by atoms with Crippen LogP contribution in [0.3, 0.4) is 0 Å². The molecule has 0 saturated carbocycles. The lowest BCUT2D eigenvalue weighted by Gasteiger charge is -2.20. The van der Waals surface area contributed by atoms with Crippen LogP contribution >= 0.6 is 0 Å². The fourth-order valence-corrected chi connectivity index (χ4v) is 1.77. The van der Waals surface area contributed by atoms with Crippen molar-refractivity contribution in [2.24, 2.45) is 0 Å². The molecule has 0 spiro atoms. The molecule has 0 aliphatic heterocycles. The lowest BCUT2D eigenvalue weighted by molar-refractivity contribution is 0.141. The van der Waals surface area contributed by atoms with Gasteiger partial charge in [-0.2, -0.15) is 0 Å². The molecule has 0 fully saturated rings. The van der Waals surface area contributed by atoms with Gasteiger partial charge in [-0.05, 0) is 25.3 Å². The molecule has 14 heavy (non-hydrogen) atoms. The molecule has 1 heterocycles. The average molecular weight is 199 g/mol. The van der Waals surface area contributed by atoms with Crippen LogP contribution in [0.4, 0.5) is 8.78 Å². The molecule has 1 N–H and O–H groups in total. The number of nitrogens with zero attached hydrogens (tertiary/aromatic N) is 1. The molecule has 1 aromatic heterocycles. The summed E-state index contributed by atoms with van der Waals surface area (Å²) in [7, 11) is 0. The van der Waals surface area contributed by atoms with E-state index in [4.69, 9.17) is 0 Å².